The summed E-state index contributed by atoms with van der Waals surface area (Å²) < 4.78 is 0. The molecule has 0 atom stereocenters. The lowest BCUT2D eigenvalue weighted by molar-refractivity contribution is 0.109. The molecule has 0 saturated carbocycles. The number of carbonyl (C=O) groups excluding carboxylic acids is 1. The summed E-state index contributed by atoms with van der Waals surface area (Å²) in [6, 6.07) is 10.4. The Balaban J connectivity index is 1.95. The number of thioether (sulfide) groups is 2. The summed E-state index contributed by atoms with van der Waals surface area (Å²) in [5.74, 6) is 1.16. The van der Waals surface area contributed by atoms with Crippen LogP contribution in [0.1, 0.15) is 36.5 Å². The van der Waals surface area contributed by atoms with Gasteiger partial charge >= 0.3 is 0 Å². The summed E-state index contributed by atoms with van der Waals surface area (Å²) in [6.07, 6.45) is 3.82. The van der Waals surface area contributed by atoms with Crippen LogP contribution in [0.5, 0.6) is 0 Å². The minimum atomic E-state index is 0.189. The molecule has 0 saturated heterocycles. The van der Waals surface area contributed by atoms with Crippen LogP contribution in [0, 0.1) is 0 Å². The van der Waals surface area contributed by atoms with E-state index in [0.29, 0.717) is 0 Å². The predicted octanol–water partition coefficient (Wildman–Crippen LogP) is 5.37. The Bertz CT molecular complexity index is 634. The third kappa shape index (κ3) is 2.41. The van der Waals surface area contributed by atoms with Crippen LogP contribution in [0.2, 0.25) is 0 Å². The summed E-state index contributed by atoms with van der Waals surface area (Å²) >= 11 is 3.28. The quantitative estimate of drug-likeness (QED) is 0.544. The molecule has 2 aromatic carbocycles. The highest BCUT2D eigenvalue weighted by molar-refractivity contribution is 8.14. The SMILES string of the molecule is CCCCCSc1ccc2c3c(cccc13)C(=O)S2. The third-order valence-electron chi connectivity index (χ3n) is 3.39. The third-order valence-corrected chi connectivity index (χ3v) is 5.52. The van der Waals surface area contributed by atoms with Gasteiger partial charge in [-0.2, -0.15) is 0 Å². The number of hydrogen-bond donors (Lipinski definition) is 0. The average molecular weight is 288 g/mol. The number of carbonyl (C=O) groups is 1. The molecule has 0 aliphatic carbocycles. The van der Waals surface area contributed by atoms with Crippen molar-refractivity contribution in [1.29, 1.82) is 0 Å². The van der Waals surface area contributed by atoms with E-state index in [-0.39, 0.29) is 5.12 Å². The molecular formula is C16H16OS2. The van der Waals surface area contributed by atoms with Crippen molar-refractivity contribution in [3.05, 3.63) is 35.9 Å². The van der Waals surface area contributed by atoms with Gasteiger partial charge < -0.3 is 0 Å². The Labute approximate surface area is 122 Å². The highest BCUT2D eigenvalue weighted by Gasteiger charge is 2.23. The second kappa shape index (κ2) is 5.59. The fourth-order valence-corrected chi connectivity index (χ4v) is 4.41. The topological polar surface area (TPSA) is 17.1 Å². The van der Waals surface area contributed by atoms with Crippen LogP contribution in [0.3, 0.4) is 0 Å². The van der Waals surface area contributed by atoms with Gasteiger partial charge in [0, 0.05) is 20.7 Å². The van der Waals surface area contributed by atoms with Crippen molar-refractivity contribution in [3.63, 3.8) is 0 Å². The van der Waals surface area contributed by atoms with Crippen LogP contribution in [0.4, 0.5) is 0 Å². The van der Waals surface area contributed by atoms with Crippen LogP contribution < -0.4 is 0 Å². The molecule has 0 spiro atoms. The van der Waals surface area contributed by atoms with E-state index >= 15 is 0 Å². The summed E-state index contributed by atoms with van der Waals surface area (Å²) in [7, 11) is 0. The van der Waals surface area contributed by atoms with E-state index in [1.54, 1.807) is 0 Å². The molecule has 1 nitrogen and oxygen atoms in total. The molecule has 98 valence electrons. The number of benzene rings is 2. The van der Waals surface area contributed by atoms with Crippen LogP contribution in [-0.2, 0) is 0 Å². The monoisotopic (exact) mass is 288 g/mol. The minimum Gasteiger partial charge on any atom is -0.281 e. The highest BCUT2D eigenvalue weighted by atomic mass is 32.2. The van der Waals surface area contributed by atoms with Gasteiger partial charge in [0.05, 0.1) is 0 Å². The molecule has 0 amide bonds. The van der Waals surface area contributed by atoms with Crippen LogP contribution in [0.25, 0.3) is 10.8 Å². The Kier molecular flexibility index (Phi) is 3.85. The molecule has 0 fully saturated rings. The van der Waals surface area contributed by atoms with Gasteiger partial charge in [-0.25, -0.2) is 0 Å². The van der Waals surface area contributed by atoms with E-state index in [9.17, 15) is 4.79 Å². The largest absolute Gasteiger partial charge is 0.281 e. The molecule has 1 aliphatic rings. The number of unbranched alkanes of at least 4 members (excludes halogenated alkanes) is 2. The molecule has 0 N–H and O–H groups in total. The average Bonchev–Trinajstić information content (AvgIpc) is 2.76. The van der Waals surface area contributed by atoms with Gasteiger partial charge in [0.25, 0.3) is 0 Å². The summed E-state index contributed by atoms with van der Waals surface area (Å²) in [6.45, 7) is 2.23. The molecule has 19 heavy (non-hydrogen) atoms. The van der Waals surface area contributed by atoms with Crippen molar-refractivity contribution in [2.75, 3.05) is 5.75 Å². The molecular weight excluding hydrogens is 272 g/mol. The maximum atomic E-state index is 11.9. The van der Waals surface area contributed by atoms with Crippen LogP contribution in [-0.4, -0.2) is 10.9 Å². The molecule has 0 aromatic heterocycles. The molecule has 0 bridgehead atoms. The first kappa shape index (κ1) is 13.1. The molecule has 1 aliphatic heterocycles. The smallest absolute Gasteiger partial charge is 0.224 e. The number of hydrogen-bond acceptors (Lipinski definition) is 3. The second-order valence-electron chi connectivity index (χ2n) is 4.74. The lowest BCUT2D eigenvalue weighted by Gasteiger charge is -2.07. The molecule has 3 heteroatoms. The van der Waals surface area contributed by atoms with Crippen molar-refractivity contribution < 1.29 is 4.79 Å². The molecule has 1 heterocycles. The Morgan fingerprint density at radius 2 is 2.05 bits per heavy atom. The standard InChI is InChI=1S/C16H16OS2/c1-2-3-4-10-18-13-8-9-14-15-11(13)6-5-7-12(15)16(17)19-14/h5-9H,2-4,10H2,1H3. The van der Waals surface area contributed by atoms with Crippen molar-refractivity contribution in [1.82, 2.24) is 0 Å². The van der Waals surface area contributed by atoms with Crippen molar-refractivity contribution >= 4 is 39.4 Å². The van der Waals surface area contributed by atoms with Crippen molar-refractivity contribution in [3.8, 4) is 0 Å². The first-order valence-electron chi connectivity index (χ1n) is 6.72. The van der Waals surface area contributed by atoms with Gasteiger partial charge in [0.15, 0.2) is 0 Å². The van der Waals surface area contributed by atoms with Gasteiger partial charge in [-0.1, -0.05) is 31.9 Å². The van der Waals surface area contributed by atoms with E-state index in [1.807, 2.05) is 23.9 Å². The zero-order chi connectivity index (χ0) is 13.2. The normalized spacial score (nSPS) is 13.4. The van der Waals surface area contributed by atoms with E-state index in [1.165, 1.54) is 41.3 Å². The fourth-order valence-electron chi connectivity index (χ4n) is 2.42. The van der Waals surface area contributed by atoms with Gasteiger partial charge in [0.1, 0.15) is 0 Å². The fraction of sp³-hybridized carbons (Fsp3) is 0.312. The molecule has 0 radical (unpaired) electrons. The predicted molar refractivity (Wildman–Crippen MR) is 84.4 cm³/mol. The zero-order valence-electron chi connectivity index (χ0n) is 10.9. The van der Waals surface area contributed by atoms with E-state index < -0.39 is 0 Å². The summed E-state index contributed by atoms with van der Waals surface area (Å²) in [5, 5.41) is 2.60. The Hall–Kier alpha value is -0.930. The lowest BCUT2D eigenvalue weighted by atomic mass is 10.1. The molecule has 3 rings (SSSR count). The summed E-state index contributed by atoms with van der Waals surface area (Å²) in [4.78, 5) is 14.3. The van der Waals surface area contributed by atoms with Crippen molar-refractivity contribution in [2.24, 2.45) is 0 Å². The minimum absolute atomic E-state index is 0.189. The van der Waals surface area contributed by atoms with Crippen molar-refractivity contribution in [2.45, 2.75) is 36.0 Å². The lowest BCUT2D eigenvalue weighted by Crippen LogP contribution is -1.87. The number of rotatable bonds is 5. The molecule has 2 aromatic rings. The Morgan fingerprint density at radius 1 is 1.16 bits per heavy atom. The van der Waals surface area contributed by atoms with Crippen LogP contribution >= 0.6 is 23.5 Å². The summed E-state index contributed by atoms with van der Waals surface area (Å²) in [5.41, 5.74) is 0.883. The van der Waals surface area contributed by atoms with Crippen LogP contribution in [0.15, 0.2) is 40.1 Å². The zero-order valence-corrected chi connectivity index (χ0v) is 12.6. The second-order valence-corrected chi connectivity index (χ2v) is 6.89. The first-order chi connectivity index (χ1) is 9.31. The Morgan fingerprint density at radius 3 is 2.89 bits per heavy atom. The first-order valence-corrected chi connectivity index (χ1v) is 8.52. The maximum absolute atomic E-state index is 11.9. The molecule has 0 unspecified atom stereocenters. The van der Waals surface area contributed by atoms with Gasteiger partial charge in [-0.3, -0.25) is 4.79 Å². The van der Waals surface area contributed by atoms with E-state index in [2.05, 4.69) is 25.1 Å². The van der Waals surface area contributed by atoms with E-state index in [0.717, 1.165) is 21.6 Å². The van der Waals surface area contributed by atoms with Gasteiger partial charge in [0.2, 0.25) is 5.12 Å². The van der Waals surface area contributed by atoms with Gasteiger partial charge in [-0.05, 0) is 47.5 Å². The highest BCUT2D eigenvalue weighted by Crippen LogP contribution is 2.43. The maximum Gasteiger partial charge on any atom is 0.224 e. The van der Waals surface area contributed by atoms with Gasteiger partial charge in [-0.15, -0.1) is 11.8 Å². The van der Waals surface area contributed by atoms with E-state index in [4.69, 9.17) is 0 Å².